The fourth-order valence-corrected chi connectivity index (χ4v) is 2.86. The molecule has 0 aliphatic rings. The molecule has 0 bridgehead atoms. The van der Waals surface area contributed by atoms with Crippen molar-refractivity contribution in [2.45, 2.75) is 20.4 Å². The molecular formula is C20H18N6O2. The zero-order chi connectivity index (χ0) is 19.7. The Labute approximate surface area is 160 Å². The summed E-state index contributed by atoms with van der Waals surface area (Å²) in [5.74, 6) is -0.323. The van der Waals surface area contributed by atoms with Gasteiger partial charge in [0.15, 0.2) is 11.2 Å². The molecule has 0 aliphatic heterocycles. The van der Waals surface area contributed by atoms with Gasteiger partial charge in [-0.2, -0.15) is 4.68 Å². The van der Waals surface area contributed by atoms with Crippen molar-refractivity contribution >= 4 is 22.8 Å². The first-order valence-electron chi connectivity index (χ1n) is 8.76. The highest BCUT2D eigenvalue weighted by molar-refractivity contribution is 5.90. The molecule has 2 aromatic carbocycles. The number of hydrogen-bond donors (Lipinski definition) is 1. The average molecular weight is 374 g/mol. The third kappa shape index (κ3) is 3.27. The molecular weight excluding hydrogens is 356 g/mol. The SMILES string of the molecule is Cc1ccc(-n2nnc3c(=O)n(CC(=O)Nc4ccccc4)cnc32)cc1C. The van der Waals surface area contributed by atoms with Crippen molar-refractivity contribution in [2.75, 3.05) is 5.32 Å². The van der Waals surface area contributed by atoms with Crippen LogP contribution in [0.4, 0.5) is 5.69 Å². The van der Waals surface area contributed by atoms with Gasteiger partial charge in [0.1, 0.15) is 12.9 Å². The highest BCUT2D eigenvalue weighted by Crippen LogP contribution is 2.16. The number of para-hydroxylation sites is 1. The number of hydrogen-bond acceptors (Lipinski definition) is 5. The van der Waals surface area contributed by atoms with E-state index in [1.807, 2.05) is 50.2 Å². The van der Waals surface area contributed by atoms with Crippen LogP contribution in [0.3, 0.4) is 0 Å². The molecule has 0 unspecified atom stereocenters. The minimum Gasteiger partial charge on any atom is -0.325 e. The molecule has 140 valence electrons. The minimum atomic E-state index is -0.414. The van der Waals surface area contributed by atoms with Crippen molar-refractivity contribution in [1.82, 2.24) is 24.5 Å². The zero-order valence-electron chi connectivity index (χ0n) is 15.5. The van der Waals surface area contributed by atoms with E-state index >= 15 is 0 Å². The Morgan fingerprint density at radius 1 is 1.07 bits per heavy atom. The standard InChI is InChI=1S/C20H18N6O2/c1-13-8-9-16(10-14(13)2)26-19-18(23-24-26)20(28)25(12-21-19)11-17(27)22-15-6-4-3-5-7-15/h3-10,12H,11H2,1-2H3,(H,22,27). The van der Waals surface area contributed by atoms with Crippen molar-refractivity contribution in [2.24, 2.45) is 0 Å². The van der Waals surface area contributed by atoms with Crippen molar-refractivity contribution in [1.29, 1.82) is 0 Å². The van der Waals surface area contributed by atoms with Crippen LogP contribution in [0.2, 0.25) is 0 Å². The lowest BCUT2D eigenvalue weighted by Gasteiger charge is -2.07. The predicted molar refractivity (Wildman–Crippen MR) is 105 cm³/mol. The van der Waals surface area contributed by atoms with Gasteiger partial charge in [-0.15, -0.1) is 5.10 Å². The summed E-state index contributed by atoms with van der Waals surface area (Å²) in [5, 5.41) is 10.8. The van der Waals surface area contributed by atoms with Gasteiger partial charge in [0, 0.05) is 5.69 Å². The van der Waals surface area contributed by atoms with Crippen LogP contribution < -0.4 is 10.9 Å². The topological polar surface area (TPSA) is 94.7 Å². The Morgan fingerprint density at radius 3 is 2.61 bits per heavy atom. The smallest absolute Gasteiger partial charge is 0.284 e. The van der Waals surface area contributed by atoms with Crippen LogP contribution in [-0.4, -0.2) is 30.5 Å². The highest BCUT2D eigenvalue weighted by atomic mass is 16.2. The van der Waals surface area contributed by atoms with E-state index in [9.17, 15) is 9.59 Å². The lowest BCUT2D eigenvalue weighted by Crippen LogP contribution is -2.28. The van der Waals surface area contributed by atoms with Gasteiger partial charge in [-0.25, -0.2) is 4.98 Å². The van der Waals surface area contributed by atoms with Crippen LogP contribution in [0.1, 0.15) is 11.1 Å². The maximum Gasteiger partial charge on any atom is 0.284 e. The second-order valence-corrected chi connectivity index (χ2v) is 6.53. The third-order valence-electron chi connectivity index (χ3n) is 4.54. The van der Waals surface area contributed by atoms with Crippen molar-refractivity contribution in [3.63, 3.8) is 0 Å². The third-order valence-corrected chi connectivity index (χ3v) is 4.54. The summed E-state index contributed by atoms with van der Waals surface area (Å²) >= 11 is 0. The fourth-order valence-electron chi connectivity index (χ4n) is 2.86. The van der Waals surface area contributed by atoms with E-state index in [0.717, 1.165) is 16.8 Å². The number of carbonyl (C=O) groups excluding carboxylic acids is 1. The number of fused-ring (bicyclic) bond motifs is 1. The monoisotopic (exact) mass is 374 g/mol. The minimum absolute atomic E-state index is 0.119. The van der Waals surface area contributed by atoms with Crippen LogP contribution >= 0.6 is 0 Å². The van der Waals surface area contributed by atoms with E-state index in [4.69, 9.17) is 0 Å². The van der Waals surface area contributed by atoms with E-state index in [1.165, 1.54) is 15.6 Å². The predicted octanol–water partition coefficient (Wildman–Crippen LogP) is 2.23. The Bertz CT molecular complexity index is 1230. The molecule has 1 N–H and O–H groups in total. The lowest BCUT2D eigenvalue weighted by atomic mass is 10.1. The molecule has 0 saturated carbocycles. The maximum atomic E-state index is 12.7. The van der Waals surface area contributed by atoms with Gasteiger partial charge in [0.25, 0.3) is 5.56 Å². The first kappa shape index (κ1) is 17.6. The molecule has 2 heterocycles. The van der Waals surface area contributed by atoms with Gasteiger partial charge in [0.05, 0.1) is 5.69 Å². The largest absolute Gasteiger partial charge is 0.325 e. The molecule has 1 amide bonds. The van der Waals surface area contributed by atoms with E-state index < -0.39 is 5.56 Å². The summed E-state index contributed by atoms with van der Waals surface area (Å²) in [6.45, 7) is 3.87. The van der Waals surface area contributed by atoms with Gasteiger partial charge in [-0.3, -0.25) is 14.2 Å². The molecule has 4 aromatic rings. The number of anilines is 1. The number of rotatable bonds is 4. The summed E-state index contributed by atoms with van der Waals surface area (Å²) in [6, 6.07) is 14.9. The van der Waals surface area contributed by atoms with Gasteiger partial charge < -0.3 is 5.32 Å². The average Bonchev–Trinajstić information content (AvgIpc) is 3.12. The summed E-state index contributed by atoms with van der Waals surface area (Å²) < 4.78 is 2.75. The number of nitrogens with one attached hydrogen (secondary N) is 1. The molecule has 0 radical (unpaired) electrons. The number of carbonyl (C=O) groups is 1. The van der Waals surface area contributed by atoms with Crippen LogP contribution in [0, 0.1) is 13.8 Å². The maximum absolute atomic E-state index is 12.7. The Balaban J connectivity index is 1.64. The molecule has 0 spiro atoms. The summed E-state index contributed by atoms with van der Waals surface area (Å²) in [5.41, 5.74) is 3.76. The number of aromatic nitrogens is 5. The second-order valence-electron chi connectivity index (χ2n) is 6.53. The van der Waals surface area contributed by atoms with E-state index in [-0.39, 0.29) is 18.0 Å². The normalized spacial score (nSPS) is 10.9. The molecule has 0 saturated heterocycles. The van der Waals surface area contributed by atoms with Gasteiger partial charge in [-0.05, 0) is 49.2 Å². The van der Waals surface area contributed by atoms with E-state index in [0.29, 0.717) is 11.3 Å². The quantitative estimate of drug-likeness (QED) is 0.591. The van der Waals surface area contributed by atoms with Gasteiger partial charge >= 0.3 is 0 Å². The molecule has 8 heteroatoms. The Hall–Kier alpha value is -3.81. The summed E-state index contributed by atoms with van der Waals surface area (Å²) in [7, 11) is 0. The van der Waals surface area contributed by atoms with Crippen LogP contribution in [-0.2, 0) is 11.3 Å². The zero-order valence-corrected chi connectivity index (χ0v) is 15.5. The van der Waals surface area contributed by atoms with Gasteiger partial charge in [0.2, 0.25) is 5.91 Å². The number of aryl methyl sites for hydroxylation is 2. The van der Waals surface area contributed by atoms with Crippen LogP contribution in [0.25, 0.3) is 16.9 Å². The molecule has 28 heavy (non-hydrogen) atoms. The number of benzene rings is 2. The molecule has 0 aliphatic carbocycles. The molecule has 8 nitrogen and oxygen atoms in total. The summed E-state index contributed by atoms with van der Waals surface area (Å²) in [4.78, 5) is 29.2. The van der Waals surface area contributed by atoms with Crippen molar-refractivity contribution in [3.8, 4) is 5.69 Å². The molecule has 4 rings (SSSR count). The summed E-state index contributed by atoms with van der Waals surface area (Å²) in [6.07, 6.45) is 1.34. The fraction of sp³-hybridized carbons (Fsp3) is 0.150. The first-order valence-corrected chi connectivity index (χ1v) is 8.76. The van der Waals surface area contributed by atoms with Gasteiger partial charge in [-0.1, -0.05) is 29.5 Å². The Morgan fingerprint density at radius 2 is 1.86 bits per heavy atom. The van der Waals surface area contributed by atoms with E-state index in [1.54, 1.807) is 12.1 Å². The van der Waals surface area contributed by atoms with Crippen molar-refractivity contribution in [3.05, 3.63) is 76.3 Å². The second kappa shape index (κ2) is 7.07. The van der Waals surface area contributed by atoms with Crippen molar-refractivity contribution < 1.29 is 4.79 Å². The molecule has 2 aromatic heterocycles. The van der Waals surface area contributed by atoms with Crippen LogP contribution in [0.5, 0.6) is 0 Å². The molecule has 0 fully saturated rings. The highest BCUT2D eigenvalue weighted by Gasteiger charge is 2.15. The van der Waals surface area contributed by atoms with E-state index in [2.05, 4.69) is 20.6 Å². The lowest BCUT2D eigenvalue weighted by molar-refractivity contribution is -0.116. The van der Waals surface area contributed by atoms with Crippen LogP contribution in [0.15, 0.2) is 59.7 Å². The first-order chi connectivity index (χ1) is 13.5. The number of nitrogens with zero attached hydrogens (tertiary/aromatic N) is 5. The number of amides is 1. The Kier molecular flexibility index (Phi) is 4.44. The molecule has 0 atom stereocenters.